The van der Waals surface area contributed by atoms with Crippen LogP contribution in [-0.4, -0.2) is 15.3 Å². The van der Waals surface area contributed by atoms with Crippen molar-refractivity contribution < 1.29 is 4.79 Å². The number of aromatic nitrogens is 2. The lowest BCUT2D eigenvalue weighted by Crippen LogP contribution is -2.24. The van der Waals surface area contributed by atoms with Gasteiger partial charge in [-0.15, -0.1) is 22.7 Å². The summed E-state index contributed by atoms with van der Waals surface area (Å²) in [5, 5.41) is 6.67. The summed E-state index contributed by atoms with van der Waals surface area (Å²) in [6, 6.07) is 17.9. The maximum absolute atomic E-state index is 13.1. The molecule has 4 nitrogen and oxygen atoms in total. The second kappa shape index (κ2) is 6.82. The third-order valence-corrected chi connectivity index (χ3v) is 6.53. The number of benzene rings is 2. The van der Waals surface area contributed by atoms with Crippen LogP contribution in [0.15, 0.2) is 76.5 Å². The van der Waals surface area contributed by atoms with Crippen LogP contribution < -0.4 is 5.56 Å². The van der Waals surface area contributed by atoms with E-state index in [2.05, 4.69) is 29.2 Å². The van der Waals surface area contributed by atoms with E-state index in [9.17, 15) is 9.59 Å². The average Bonchev–Trinajstić information content (AvgIpc) is 3.40. The maximum atomic E-state index is 13.1. The lowest BCUT2D eigenvalue weighted by Gasteiger charge is -2.06. The van der Waals surface area contributed by atoms with Gasteiger partial charge in [-0.2, -0.15) is 0 Å². The van der Waals surface area contributed by atoms with E-state index in [1.165, 1.54) is 33.6 Å². The van der Waals surface area contributed by atoms with Crippen LogP contribution in [0.4, 0.5) is 0 Å². The molecule has 0 amide bonds. The minimum atomic E-state index is -0.181. The standard InChI is InChI=1S/C22H14N2O2S2/c25-18(19-6-3-9-27-19)11-24-13-23-21-20(22(24)26)17(12-28-21)16-8-7-14-4-1-2-5-15(14)10-16/h1-10,12-13H,11H2. The topological polar surface area (TPSA) is 52.0 Å². The normalized spacial score (nSPS) is 11.3. The molecule has 0 bridgehead atoms. The molecular formula is C22H14N2O2S2. The molecule has 5 rings (SSSR count). The van der Waals surface area contributed by atoms with Gasteiger partial charge in [0.2, 0.25) is 0 Å². The Morgan fingerprint density at radius 2 is 1.86 bits per heavy atom. The maximum Gasteiger partial charge on any atom is 0.263 e. The van der Waals surface area contributed by atoms with Crippen molar-refractivity contribution in [2.45, 2.75) is 6.54 Å². The van der Waals surface area contributed by atoms with Crippen molar-refractivity contribution in [2.24, 2.45) is 0 Å². The SMILES string of the molecule is O=C(Cn1cnc2scc(-c3ccc4ccccc4c3)c2c1=O)c1cccs1. The van der Waals surface area contributed by atoms with Crippen molar-refractivity contribution in [1.82, 2.24) is 9.55 Å². The number of carbonyl (C=O) groups is 1. The van der Waals surface area contributed by atoms with Crippen molar-refractivity contribution in [3.05, 3.63) is 86.9 Å². The van der Waals surface area contributed by atoms with Gasteiger partial charge in [-0.1, -0.05) is 42.5 Å². The zero-order valence-electron chi connectivity index (χ0n) is 14.7. The summed E-state index contributed by atoms with van der Waals surface area (Å²) in [5.74, 6) is -0.0827. The van der Waals surface area contributed by atoms with Gasteiger partial charge in [0.25, 0.3) is 5.56 Å². The molecule has 0 N–H and O–H groups in total. The van der Waals surface area contributed by atoms with Gasteiger partial charge in [0.15, 0.2) is 5.78 Å². The summed E-state index contributed by atoms with van der Waals surface area (Å²) in [6.45, 7) is -0.00467. The minimum Gasteiger partial charge on any atom is -0.291 e. The monoisotopic (exact) mass is 402 g/mol. The van der Waals surface area contributed by atoms with Crippen LogP contribution in [-0.2, 0) is 6.54 Å². The highest BCUT2D eigenvalue weighted by atomic mass is 32.1. The molecule has 0 aliphatic carbocycles. The third kappa shape index (κ3) is 2.87. The van der Waals surface area contributed by atoms with Crippen LogP contribution in [0, 0.1) is 0 Å². The van der Waals surface area contributed by atoms with Crippen LogP contribution in [0.5, 0.6) is 0 Å². The van der Waals surface area contributed by atoms with Crippen molar-refractivity contribution in [1.29, 1.82) is 0 Å². The molecule has 0 spiro atoms. The van der Waals surface area contributed by atoms with E-state index < -0.39 is 0 Å². The Morgan fingerprint density at radius 1 is 1.00 bits per heavy atom. The van der Waals surface area contributed by atoms with Gasteiger partial charge in [0, 0.05) is 10.9 Å². The lowest BCUT2D eigenvalue weighted by molar-refractivity contribution is 0.0974. The Labute approximate surface area is 168 Å². The molecule has 0 fully saturated rings. The summed E-state index contributed by atoms with van der Waals surface area (Å²) < 4.78 is 1.40. The van der Waals surface area contributed by atoms with Gasteiger partial charge in [0.05, 0.1) is 23.1 Å². The highest BCUT2D eigenvalue weighted by Crippen LogP contribution is 2.32. The van der Waals surface area contributed by atoms with Crippen LogP contribution in [0.1, 0.15) is 9.67 Å². The number of Topliss-reactive ketones (excluding diaryl/α,β-unsaturated/α-hetero) is 1. The highest BCUT2D eigenvalue weighted by molar-refractivity contribution is 7.17. The van der Waals surface area contributed by atoms with E-state index in [1.54, 1.807) is 6.07 Å². The van der Waals surface area contributed by atoms with E-state index in [0.29, 0.717) is 15.1 Å². The summed E-state index contributed by atoms with van der Waals surface area (Å²) in [4.78, 5) is 31.3. The molecule has 0 unspecified atom stereocenters. The van der Waals surface area contributed by atoms with Gasteiger partial charge in [-0.25, -0.2) is 4.98 Å². The molecule has 0 saturated heterocycles. The molecule has 28 heavy (non-hydrogen) atoms. The van der Waals surface area contributed by atoms with Gasteiger partial charge < -0.3 is 0 Å². The molecule has 0 saturated carbocycles. The quantitative estimate of drug-likeness (QED) is 0.387. The Bertz CT molecular complexity index is 1380. The van der Waals surface area contributed by atoms with Crippen LogP contribution in [0.25, 0.3) is 32.1 Å². The first kappa shape index (κ1) is 17.0. The number of thiophene rings is 2. The zero-order valence-corrected chi connectivity index (χ0v) is 16.3. The van der Waals surface area contributed by atoms with E-state index in [1.807, 2.05) is 35.0 Å². The first-order valence-corrected chi connectivity index (χ1v) is 10.5. The number of hydrogen-bond acceptors (Lipinski definition) is 5. The fourth-order valence-electron chi connectivity index (χ4n) is 3.32. The third-order valence-electron chi connectivity index (χ3n) is 4.73. The zero-order chi connectivity index (χ0) is 19.1. The van der Waals surface area contributed by atoms with Crippen LogP contribution in [0.3, 0.4) is 0 Å². The molecule has 136 valence electrons. The summed E-state index contributed by atoms with van der Waals surface area (Å²) in [5.41, 5.74) is 1.66. The van der Waals surface area contributed by atoms with Crippen molar-refractivity contribution in [3.63, 3.8) is 0 Å². The molecular weight excluding hydrogens is 388 g/mol. The Kier molecular flexibility index (Phi) is 4.15. The molecule has 0 aliphatic heterocycles. The van der Waals surface area contributed by atoms with Crippen LogP contribution >= 0.6 is 22.7 Å². The fraction of sp³-hybridized carbons (Fsp3) is 0.0455. The second-order valence-corrected chi connectivity index (χ2v) is 8.28. The van der Waals surface area contributed by atoms with Gasteiger partial charge in [-0.3, -0.25) is 14.2 Å². The summed E-state index contributed by atoms with van der Waals surface area (Å²) in [7, 11) is 0. The van der Waals surface area contributed by atoms with E-state index >= 15 is 0 Å². The highest BCUT2D eigenvalue weighted by Gasteiger charge is 2.16. The smallest absolute Gasteiger partial charge is 0.263 e. The van der Waals surface area contributed by atoms with E-state index in [4.69, 9.17) is 0 Å². The number of fused-ring (bicyclic) bond motifs is 2. The lowest BCUT2D eigenvalue weighted by atomic mass is 10.0. The van der Waals surface area contributed by atoms with E-state index in [0.717, 1.165) is 21.9 Å². The molecule has 0 aliphatic rings. The second-order valence-electron chi connectivity index (χ2n) is 6.47. The largest absolute Gasteiger partial charge is 0.291 e. The Balaban J connectivity index is 1.62. The molecule has 3 aromatic heterocycles. The first-order chi connectivity index (χ1) is 13.7. The predicted molar refractivity (Wildman–Crippen MR) is 115 cm³/mol. The Morgan fingerprint density at radius 3 is 2.68 bits per heavy atom. The van der Waals surface area contributed by atoms with Crippen molar-refractivity contribution in [2.75, 3.05) is 0 Å². The summed E-state index contributed by atoms with van der Waals surface area (Å²) >= 11 is 2.83. The number of rotatable bonds is 4. The van der Waals surface area contributed by atoms with Crippen molar-refractivity contribution in [3.8, 4) is 11.1 Å². The van der Waals surface area contributed by atoms with Gasteiger partial charge in [0.1, 0.15) is 4.83 Å². The Hall–Kier alpha value is -3.09. The fourth-order valence-corrected chi connectivity index (χ4v) is 4.88. The van der Waals surface area contributed by atoms with Crippen LogP contribution in [0.2, 0.25) is 0 Å². The number of hydrogen-bond donors (Lipinski definition) is 0. The van der Waals surface area contributed by atoms with Gasteiger partial charge >= 0.3 is 0 Å². The van der Waals surface area contributed by atoms with E-state index in [-0.39, 0.29) is 17.9 Å². The molecule has 3 heterocycles. The predicted octanol–water partition coefficient (Wildman–Crippen LogP) is 5.22. The number of ketones is 1. The molecule has 0 atom stereocenters. The summed E-state index contributed by atoms with van der Waals surface area (Å²) in [6.07, 6.45) is 1.47. The molecule has 6 heteroatoms. The van der Waals surface area contributed by atoms with Gasteiger partial charge in [-0.05, 0) is 33.8 Å². The first-order valence-electron chi connectivity index (χ1n) is 8.73. The average molecular weight is 403 g/mol. The van der Waals surface area contributed by atoms with Crippen molar-refractivity contribution >= 4 is 49.4 Å². The minimum absolute atomic E-state index is 0.00467. The molecule has 5 aromatic rings. The molecule has 0 radical (unpaired) electrons. The number of nitrogens with zero attached hydrogens (tertiary/aromatic N) is 2. The number of carbonyl (C=O) groups excluding carboxylic acids is 1. The molecule has 2 aromatic carbocycles.